The lowest BCUT2D eigenvalue weighted by atomic mass is 10.3. The first-order valence-corrected chi connectivity index (χ1v) is 6.34. The van der Waals surface area contributed by atoms with Gasteiger partial charge < -0.3 is 10.1 Å². The van der Waals surface area contributed by atoms with Gasteiger partial charge in [-0.2, -0.15) is 13.2 Å². The Kier molecular flexibility index (Phi) is 5.59. The molecule has 0 bridgehead atoms. The van der Waals surface area contributed by atoms with Crippen molar-refractivity contribution in [2.24, 2.45) is 0 Å². The standard InChI is InChI=1S/C11H12BrF3N2O2/c1-2-8(12)10(18)17-7-3-4-9(16-5-7)19-6-11(13,14)15/h3-5,8H,2,6H2,1H3,(H,17,18). The Morgan fingerprint density at radius 3 is 2.68 bits per heavy atom. The number of hydrogen-bond acceptors (Lipinski definition) is 3. The molecule has 1 rings (SSSR count). The molecule has 1 atom stereocenters. The minimum absolute atomic E-state index is 0.152. The van der Waals surface area contributed by atoms with E-state index >= 15 is 0 Å². The van der Waals surface area contributed by atoms with Crippen LogP contribution in [0.1, 0.15) is 13.3 Å². The summed E-state index contributed by atoms with van der Waals surface area (Å²) < 4.78 is 40.2. The van der Waals surface area contributed by atoms with Crippen LogP contribution in [0.25, 0.3) is 0 Å². The third-order valence-electron chi connectivity index (χ3n) is 2.03. The predicted octanol–water partition coefficient (Wildman–Crippen LogP) is 3.13. The molecule has 1 aromatic rings. The molecule has 0 aliphatic carbocycles. The van der Waals surface area contributed by atoms with Gasteiger partial charge in [-0.15, -0.1) is 0 Å². The van der Waals surface area contributed by atoms with E-state index in [-0.39, 0.29) is 16.6 Å². The number of ether oxygens (including phenoxy) is 1. The third kappa shape index (κ3) is 5.91. The monoisotopic (exact) mass is 340 g/mol. The molecule has 0 saturated heterocycles. The highest BCUT2D eigenvalue weighted by Crippen LogP contribution is 2.18. The van der Waals surface area contributed by atoms with Crippen molar-refractivity contribution in [1.82, 2.24) is 4.98 Å². The van der Waals surface area contributed by atoms with Crippen LogP contribution in [0.15, 0.2) is 18.3 Å². The van der Waals surface area contributed by atoms with Crippen LogP contribution in [0.5, 0.6) is 5.88 Å². The highest BCUT2D eigenvalue weighted by atomic mass is 79.9. The molecule has 0 radical (unpaired) electrons. The van der Waals surface area contributed by atoms with Crippen molar-refractivity contribution in [1.29, 1.82) is 0 Å². The van der Waals surface area contributed by atoms with Crippen LogP contribution in [0.3, 0.4) is 0 Å². The van der Waals surface area contributed by atoms with Crippen molar-refractivity contribution in [2.75, 3.05) is 11.9 Å². The van der Waals surface area contributed by atoms with Crippen molar-refractivity contribution in [2.45, 2.75) is 24.3 Å². The summed E-state index contributed by atoms with van der Waals surface area (Å²) in [6, 6.07) is 2.68. The zero-order chi connectivity index (χ0) is 14.5. The first-order chi connectivity index (χ1) is 8.81. The van der Waals surface area contributed by atoms with Gasteiger partial charge in [-0.25, -0.2) is 4.98 Å². The predicted molar refractivity (Wildman–Crippen MR) is 67.4 cm³/mol. The average Bonchev–Trinajstić information content (AvgIpc) is 2.36. The normalized spacial score (nSPS) is 12.9. The maximum atomic E-state index is 11.9. The molecular weight excluding hydrogens is 329 g/mol. The molecule has 1 unspecified atom stereocenters. The highest BCUT2D eigenvalue weighted by molar-refractivity contribution is 9.10. The molecule has 106 valence electrons. The molecule has 0 aliphatic heterocycles. The van der Waals surface area contributed by atoms with Gasteiger partial charge in [0.25, 0.3) is 0 Å². The lowest BCUT2D eigenvalue weighted by molar-refractivity contribution is -0.154. The lowest BCUT2D eigenvalue weighted by Gasteiger charge is -2.10. The van der Waals surface area contributed by atoms with E-state index in [1.54, 1.807) is 0 Å². The lowest BCUT2D eigenvalue weighted by Crippen LogP contribution is -2.22. The fourth-order valence-corrected chi connectivity index (χ4v) is 1.22. The smallest absolute Gasteiger partial charge is 0.422 e. The summed E-state index contributed by atoms with van der Waals surface area (Å²) >= 11 is 3.18. The minimum Gasteiger partial charge on any atom is -0.468 e. The van der Waals surface area contributed by atoms with E-state index in [0.717, 1.165) is 0 Å². The number of amides is 1. The number of nitrogens with zero attached hydrogens (tertiary/aromatic N) is 1. The summed E-state index contributed by atoms with van der Waals surface area (Å²) in [7, 11) is 0. The zero-order valence-corrected chi connectivity index (χ0v) is 11.6. The number of carbonyl (C=O) groups is 1. The summed E-state index contributed by atoms with van der Waals surface area (Å²) in [6.45, 7) is 0.441. The highest BCUT2D eigenvalue weighted by Gasteiger charge is 2.28. The Morgan fingerprint density at radius 2 is 2.21 bits per heavy atom. The molecule has 1 amide bonds. The van der Waals surface area contributed by atoms with Gasteiger partial charge in [0.1, 0.15) is 0 Å². The van der Waals surface area contributed by atoms with Crippen molar-refractivity contribution < 1.29 is 22.7 Å². The molecule has 1 N–H and O–H groups in total. The van der Waals surface area contributed by atoms with Crippen LogP contribution in [-0.2, 0) is 4.79 Å². The van der Waals surface area contributed by atoms with Crippen LogP contribution in [0.4, 0.5) is 18.9 Å². The molecule has 0 fully saturated rings. The van der Waals surface area contributed by atoms with Gasteiger partial charge in [0, 0.05) is 6.07 Å². The molecular formula is C11H12BrF3N2O2. The Balaban J connectivity index is 2.54. The first kappa shape index (κ1) is 15.7. The van der Waals surface area contributed by atoms with E-state index in [9.17, 15) is 18.0 Å². The third-order valence-corrected chi connectivity index (χ3v) is 3.09. The second kappa shape index (κ2) is 6.74. The topological polar surface area (TPSA) is 51.2 Å². The van der Waals surface area contributed by atoms with E-state index in [2.05, 4.69) is 31.0 Å². The molecule has 4 nitrogen and oxygen atoms in total. The van der Waals surface area contributed by atoms with Crippen molar-refractivity contribution in [3.8, 4) is 5.88 Å². The van der Waals surface area contributed by atoms with Crippen molar-refractivity contribution in [3.63, 3.8) is 0 Å². The van der Waals surface area contributed by atoms with Crippen LogP contribution >= 0.6 is 15.9 Å². The number of pyridine rings is 1. The van der Waals surface area contributed by atoms with Crippen molar-refractivity contribution >= 4 is 27.5 Å². The molecule has 0 aromatic carbocycles. The second-order valence-corrected chi connectivity index (χ2v) is 4.76. The Labute approximate surface area is 116 Å². The van der Waals surface area contributed by atoms with Crippen LogP contribution < -0.4 is 10.1 Å². The van der Waals surface area contributed by atoms with Gasteiger partial charge in [0.05, 0.1) is 16.7 Å². The quantitative estimate of drug-likeness (QED) is 0.838. The molecule has 0 saturated carbocycles. The summed E-state index contributed by atoms with van der Waals surface area (Å²) in [5.74, 6) is -0.394. The summed E-state index contributed by atoms with van der Waals surface area (Å²) in [6.07, 6.45) is -2.55. The Bertz CT molecular complexity index is 423. The molecule has 1 aromatic heterocycles. The van der Waals surface area contributed by atoms with Crippen LogP contribution in [-0.4, -0.2) is 28.5 Å². The molecule has 19 heavy (non-hydrogen) atoms. The summed E-state index contributed by atoms with van der Waals surface area (Å²) in [5, 5.41) is 2.57. The number of halogens is 4. The number of anilines is 1. The number of rotatable bonds is 5. The van der Waals surface area contributed by atoms with Crippen molar-refractivity contribution in [3.05, 3.63) is 18.3 Å². The van der Waals surface area contributed by atoms with E-state index in [4.69, 9.17) is 0 Å². The molecule has 1 heterocycles. The van der Waals surface area contributed by atoms with Gasteiger partial charge in [-0.05, 0) is 12.5 Å². The largest absolute Gasteiger partial charge is 0.468 e. The number of hydrogen-bond donors (Lipinski definition) is 1. The number of alkyl halides is 4. The van der Waals surface area contributed by atoms with Gasteiger partial charge in [-0.1, -0.05) is 22.9 Å². The van der Waals surface area contributed by atoms with E-state index < -0.39 is 12.8 Å². The van der Waals surface area contributed by atoms with Crippen LogP contribution in [0.2, 0.25) is 0 Å². The average molecular weight is 341 g/mol. The Hall–Kier alpha value is -1.31. The number of aromatic nitrogens is 1. The summed E-state index contributed by atoms with van der Waals surface area (Å²) in [5.41, 5.74) is 0.391. The maximum absolute atomic E-state index is 11.9. The van der Waals surface area contributed by atoms with Gasteiger partial charge in [-0.3, -0.25) is 4.79 Å². The second-order valence-electron chi connectivity index (χ2n) is 3.65. The SMILES string of the molecule is CCC(Br)C(=O)Nc1ccc(OCC(F)(F)F)nc1. The number of nitrogens with one attached hydrogen (secondary N) is 1. The van der Waals surface area contributed by atoms with Crippen LogP contribution in [0, 0.1) is 0 Å². The number of carbonyl (C=O) groups excluding carboxylic acids is 1. The molecule has 0 aliphatic rings. The Morgan fingerprint density at radius 1 is 1.53 bits per heavy atom. The first-order valence-electron chi connectivity index (χ1n) is 5.42. The fourth-order valence-electron chi connectivity index (χ4n) is 1.10. The minimum atomic E-state index is -4.40. The molecule has 8 heteroatoms. The van der Waals surface area contributed by atoms with E-state index in [0.29, 0.717) is 12.1 Å². The van der Waals surface area contributed by atoms with Gasteiger partial charge in [0.2, 0.25) is 11.8 Å². The summed E-state index contributed by atoms with van der Waals surface area (Å²) in [4.78, 5) is 14.9. The van der Waals surface area contributed by atoms with E-state index in [1.807, 2.05) is 6.92 Å². The van der Waals surface area contributed by atoms with Gasteiger partial charge in [0.15, 0.2) is 6.61 Å². The fraction of sp³-hybridized carbons (Fsp3) is 0.455. The van der Waals surface area contributed by atoms with Gasteiger partial charge >= 0.3 is 6.18 Å². The van der Waals surface area contributed by atoms with E-state index in [1.165, 1.54) is 18.3 Å². The molecule has 0 spiro atoms. The zero-order valence-electron chi connectivity index (χ0n) is 10.00. The maximum Gasteiger partial charge on any atom is 0.422 e.